The highest BCUT2D eigenvalue weighted by molar-refractivity contribution is 9.10. The molecule has 128 valence electrons. The van der Waals surface area contributed by atoms with E-state index in [2.05, 4.69) is 21.2 Å². The Morgan fingerprint density at radius 2 is 1.79 bits per heavy atom. The number of ether oxygens (including phenoxy) is 1. The fourth-order valence-corrected chi connectivity index (χ4v) is 2.68. The molecular formula is C18H20BrNO4. The summed E-state index contributed by atoms with van der Waals surface area (Å²) in [6, 6.07) is 7.48. The first-order valence-corrected chi connectivity index (χ1v) is 8.37. The van der Waals surface area contributed by atoms with Gasteiger partial charge in [0.2, 0.25) is 0 Å². The van der Waals surface area contributed by atoms with Crippen LogP contribution in [0, 0.1) is 20.8 Å². The van der Waals surface area contributed by atoms with Crippen molar-refractivity contribution in [3.63, 3.8) is 0 Å². The first kappa shape index (κ1) is 18.3. The van der Waals surface area contributed by atoms with Crippen LogP contribution in [-0.4, -0.2) is 18.5 Å². The molecule has 0 aliphatic rings. The number of benzene rings is 1. The van der Waals surface area contributed by atoms with Crippen molar-refractivity contribution in [2.24, 2.45) is 0 Å². The summed E-state index contributed by atoms with van der Waals surface area (Å²) in [6.07, 6.45) is 0. The zero-order valence-corrected chi connectivity index (χ0v) is 15.7. The number of esters is 1. The average Bonchev–Trinajstić information content (AvgIpc) is 2.78. The van der Waals surface area contributed by atoms with E-state index in [1.165, 1.54) is 0 Å². The van der Waals surface area contributed by atoms with E-state index in [-0.39, 0.29) is 18.6 Å². The van der Waals surface area contributed by atoms with E-state index in [1.54, 1.807) is 20.8 Å². The number of hydrogen-bond acceptors (Lipinski definition) is 4. The van der Waals surface area contributed by atoms with Crippen molar-refractivity contribution in [3.05, 3.63) is 56.9 Å². The van der Waals surface area contributed by atoms with Crippen molar-refractivity contribution in [2.45, 2.75) is 33.7 Å². The first-order valence-electron chi connectivity index (χ1n) is 7.58. The smallest absolute Gasteiger partial charge is 0.342 e. The van der Waals surface area contributed by atoms with Crippen LogP contribution in [0.1, 0.15) is 46.0 Å². The van der Waals surface area contributed by atoms with Gasteiger partial charge in [0.1, 0.15) is 17.1 Å². The number of amides is 1. The van der Waals surface area contributed by atoms with Crippen LogP contribution in [-0.2, 0) is 9.53 Å². The number of halogens is 1. The Morgan fingerprint density at radius 3 is 2.33 bits per heavy atom. The van der Waals surface area contributed by atoms with Crippen LogP contribution in [0.3, 0.4) is 0 Å². The molecule has 0 saturated carbocycles. The van der Waals surface area contributed by atoms with E-state index in [1.807, 2.05) is 31.2 Å². The molecule has 1 N–H and O–H groups in total. The Kier molecular flexibility index (Phi) is 5.83. The summed E-state index contributed by atoms with van der Waals surface area (Å²) in [5.74, 6) is 0.272. The molecule has 2 rings (SSSR count). The summed E-state index contributed by atoms with van der Waals surface area (Å²) in [7, 11) is 0. The maximum atomic E-state index is 12.1. The lowest BCUT2D eigenvalue weighted by Crippen LogP contribution is -2.31. The minimum Gasteiger partial charge on any atom is -0.465 e. The summed E-state index contributed by atoms with van der Waals surface area (Å²) in [5, 5.41) is 2.80. The predicted octanol–water partition coefficient (Wildman–Crippen LogP) is 4.00. The standard InChI is InChI=1S/C18H20BrNO4/c1-10-12(3)24-13(4)17(10)18(22)23-9-16(21)20-11(2)14-5-7-15(19)8-6-14/h5-8,11H,9H2,1-4H3,(H,20,21)/t11-/m0/s1. The lowest BCUT2D eigenvalue weighted by molar-refractivity contribution is -0.124. The van der Waals surface area contributed by atoms with Gasteiger partial charge in [-0.3, -0.25) is 4.79 Å². The van der Waals surface area contributed by atoms with Gasteiger partial charge in [-0.25, -0.2) is 4.79 Å². The molecule has 0 radical (unpaired) electrons. The topological polar surface area (TPSA) is 68.5 Å². The quantitative estimate of drug-likeness (QED) is 0.779. The van der Waals surface area contributed by atoms with Gasteiger partial charge in [0, 0.05) is 10.0 Å². The van der Waals surface area contributed by atoms with Gasteiger partial charge in [-0.05, 0) is 45.4 Å². The zero-order valence-electron chi connectivity index (χ0n) is 14.1. The highest BCUT2D eigenvalue weighted by atomic mass is 79.9. The number of furan rings is 1. The van der Waals surface area contributed by atoms with Gasteiger partial charge in [0.05, 0.1) is 6.04 Å². The zero-order chi connectivity index (χ0) is 17.9. The van der Waals surface area contributed by atoms with Crippen molar-refractivity contribution in [1.29, 1.82) is 0 Å². The van der Waals surface area contributed by atoms with Crippen molar-refractivity contribution in [3.8, 4) is 0 Å². The number of aryl methyl sites for hydroxylation is 2. The molecule has 2 aromatic rings. The Bertz CT molecular complexity index is 749. The molecule has 1 atom stereocenters. The molecule has 0 bridgehead atoms. The molecule has 24 heavy (non-hydrogen) atoms. The monoisotopic (exact) mass is 393 g/mol. The van der Waals surface area contributed by atoms with Crippen LogP contribution in [0.25, 0.3) is 0 Å². The summed E-state index contributed by atoms with van der Waals surface area (Å²) in [5.41, 5.74) is 2.09. The molecule has 1 amide bonds. The normalized spacial score (nSPS) is 11.9. The average molecular weight is 394 g/mol. The van der Waals surface area contributed by atoms with Crippen molar-refractivity contribution in [1.82, 2.24) is 5.32 Å². The Balaban J connectivity index is 1.91. The Labute approximate surface area is 149 Å². The SMILES string of the molecule is Cc1oc(C)c(C(=O)OCC(=O)N[C@@H](C)c2ccc(Br)cc2)c1C. The van der Waals surface area contributed by atoms with Gasteiger partial charge in [0.25, 0.3) is 5.91 Å². The van der Waals surface area contributed by atoms with Gasteiger partial charge < -0.3 is 14.5 Å². The third-order valence-corrected chi connectivity index (χ3v) is 4.38. The maximum Gasteiger partial charge on any atom is 0.342 e. The van der Waals surface area contributed by atoms with Gasteiger partial charge in [0.15, 0.2) is 6.61 Å². The number of carbonyl (C=O) groups is 2. The summed E-state index contributed by atoms with van der Waals surface area (Å²) in [6.45, 7) is 6.82. The van der Waals surface area contributed by atoms with Crippen LogP contribution >= 0.6 is 15.9 Å². The molecule has 0 aliphatic carbocycles. The first-order chi connectivity index (χ1) is 11.3. The lowest BCUT2D eigenvalue weighted by atomic mass is 10.1. The molecule has 0 unspecified atom stereocenters. The number of hydrogen-bond donors (Lipinski definition) is 1. The highest BCUT2D eigenvalue weighted by Gasteiger charge is 2.21. The molecule has 0 spiro atoms. The van der Waals surface area contributed by atoms with E-state index in [0.29, 0.717) is 17.1 Å². The van der Waals surface area contributed by atoms with Crippen LogP contribution in [0.4, 0.5) is 0 Å². The second-order valence-electron chi connectivity index (χ2n) is 5.63. The van der Waals surface area contributed by atoms with Crippen LogP contribution in [0.2, 0.25) is 0 Å². The third-order valence-electron chi connectivity index (χ3n) is 3.85. The largest absolute Gasteiger partial charge is 0.465 e. The molecule has 5 nitrogen and oxygen atoms in total. The molecule has 0 fully saturated rings. The van der Waals surface area contributed by atoms with Crippen LogP contribution in [0.15, 0.2) is 33.2 Å². The second-order valence-corrected chi connectivity index (χ2v) is 6.55. The van der Waals surface area contributed by atoms with Crippen molar-refractivity contribution in [2.75, 3.05) is 6.61 Å². The van der Waals surface area contributed by atoms with Crippen LogP contribution in [0.5, 0.6) is 0 Å². The number of rotatable bonds is 5. The molecule has 6 heteroatoms. The predicted molar refractivity (Wildman–Crippen MR) is 93.9 cm³/mol. The molecule has 0 saturated heterocycles. The summed E-state index contributed by atoms with van der Waals surface area (Å²) < 4.78 is 11.5. The van der Waals surface area contributed by atoms with E-state index in [0.717, 1.165) is 15.6 Å². The summed E-state index contributed by atoms with van der Waals surface area (Å²) in [4.78, 5) is 24.1. The molecule has 1 aromatic carbocycles. The van der Waals surface area contributed by atoms with Gasteiger partial charge in [-0.2, -0.15) is 0 Å². The maximum absolute atomic E-state index is 12.1. The fourth-order valence-electron chi connectivity index (χ4n) is 2.42. The van der Waals surface area contributed by atoms with E-state index >= 15 is 0 Å². The fraction of sp³-hybridized carbons (Fsp3) is 0.333. The summed E-state index contributed by atoms with van der Waals surface area (Å²) >= 11 is 3.37. The van der Waals surface area contributed by atoms with Crippen molar-refractivity contribution >= 4 is 27.8 Å². The van der Waals surface area contributed by atoms with Crippen LogP contribution < -0.4 is 5.32 Å². The van der Waals surface area contributed by atoms with E-state index in [9.17, 15) is 9.59 Å². The van der Waals surface area contributed by atoms with Gasteiger partial charge in [-0.15, -0.1) is 0 Å². The minimum atomic E-state index is -0.548. The van der Waals surface area contributed by atoms with Gasteiger partial charge >= 0.3 is 5.97 Å². The minimum absolute atomic E-state index is 0.177. The Hall–Kier alpha value is -2.08. The van der Waals surface area contributed by atoms with E-state index < -0.39 is 5.97 Å². The second kappa shape index (κ2) is 7.66. The molecule has 0 aliphatic heterocycles. The number of carbonyl (C=O) groups excluding carboxylic acids is 2. The van der Waals surface area contributed by atoms with Crippen molar-refractivity contribution < 1.29 is 18.7 Å². The third kappa shape index (κ3) is 4.26. The molecule has 1 aromatic heterocycles. The number of nitrogens with one attached hydrogen (secondary N) is 1. The Morgan fingerprint density at radius 1 is 1.17 bits per heavy atom. The lowest BCUT2D eigenvalue weighted by Gasteiger charge is -2.14. The molecular weight excluding hydrogens is 374 g/mol. The highest BCUT2D eigenvalue weighted by Crippen LogP contribution is 2.21. The van der Waals surface area contributed by atoms with Gasteiger partial charge in [-0.1, -0.05) is 28.1 Å². The van der Waals surface area contributed by atoms with E-state index in [4.69, 9.17) is 9.15 Å². The molecule has 1 heterocycles.